The third-order valence-corrected chi connectivity index (χ3v) is 6.63. The van der Waals surface area contributed by atoms with Crippen molar-refractivity contribution < 1.29 is 13.2 Å². The monoisotopic (exact) mass is 407 g/mol. The number of hydrogen-bond acceptors (Lipinski definition) is 4. The molecule has 0 spiro atoms. The van der Waals surface area contributed by atoms with E-state index in [9.17, 15) is 13.2 Å². The molecule has 0 bridgehead atoms. The first kappa shape index (κ1) is 18.3. The molecule has 0 saturated heterocycles. The van der Waals surface area contributed by atoms with Crippen LogP contribution in [0.5, 0.6) is 0 Å². The molecule has 4 aromatic rings. The molecular formula is C19H16F3N3S2. The summed E-state index contributed by atoms with van der Waals surface area (Å²) in [6.45, 7) is 4.13. The van der Waals surface area contributed by atoms with Crippen LogP contribution in [0, 0.1) is 6.92 Å². The van der Waals surface area contributed by atoms with Crippen molar-refractivity contribution in [2.24, 2.45) is 7.05 Å². The molecule has 0 N–H and O–H groups in total. The Morgan fingerprint density at radius 1 is 1.22 bits per heavy atom. The summed E-state index contributed by atoms with van der Waals surface area (Å²) in [6.07, 6.45) is -3.23. The van der Waals surface area contributed by atoms with Gasteiger partial charge in [-0.05, 0) is 30.4 Å². The molecule has 1 aromatic carbocycles. The molecule has 0 aliphatic carbocycles. The first-order valence-electron chi connectivity index (χ1n) is 8.35. The summed E-state index contributed by atoms with van der Waals surface area (Å²) < 4.78 is 41.9. The number of aromatic nitrogens is 3. The third kappa shape index (κ3) is 3.10. The van der Waals surface area contributed by atoms with Crippen LogP contribution in [0.25, 0.3) is 31.8 Å². The zero-order valence-corrected chi connectivity index (χ0v) is 16.5. The maximum absolute atomic E-state index is 13.0. The SMILES string of the molecule is CCSc1c(-c2nc3cc(C(F)(F)F)ncc3n2C)sc2cc(C)ccc12. The number of nitrogens with zero attached hydrogens (tertiary/aromatic N) is 3. The third-order valence-electron chi connectivity index (χ3n) is 4.35. The number of rotatable bonds is 3. The van der Waals surface area contributed by atoms with Crippen LogP contribution < -0.4 is 0 Å². The molecule has 0 aliphatic heterocycles. The number of thiophene rings is 1. The van der Waals surface area contributed by atoms with Gasteiger partial charge < -0.3 is 4.57 Å². The van der Waals surface area contributed by atoms with Crippen LogP contribution in [-0.4, -0.2) is 20.3 Å². The van der Waals surface area contributed by atoms with E-state index < -0.39 is 11.9 Å². The highest BCUT2D eigenvalue weighted by Gasteiger charge is 2.33. The lowest BCUT2D eigenvalue weighted by Gasteiger charge is -2.05. The Morgan fingerprint density at radius 2 is 2.00 bits per heavy atom. The van der Waals surface area contributed by atoms with Crippen molar-refractivity contribution in [2.75, 3.05) is 5.75 Å². The molecule has 3 heterocycles. The number of imidazole rings is 1. The molecule has 4 rings (SSSR count). The molecule has 3 aromatic heterocycles. The number of hydrogen-bond donors (Lipinski definition) is 0. The van der Waals surface area contributed by atoms with E-state index in [2.05, 4.69) is 35.1 Å². The molecule has 0 amide bonds. The largest absolute Gasteiger partial charge is 0.433 e. The average Bonchev–Trinajstić information content (AvgIpc) is 3.12. The van der Waals surface area contributed by atoms with Crippen LogP contribution in [0.2, 0.25) is 0 Å². The van der Waals surface area contributed by atoms with Gasteiger partial charge in [-0.25, -0.2) is 9.97 Å². The van der Waals surface area contributed by atoms with E-state index in [4.69, 9.17) is 0 Å². The highest BCUT2D eigenvalue weighted by atomic mass is 32.2. The fourth-order valence-corrected chi connectivity index (χ4v) is 5.49. The summed E-state index contributed by atoms with van der Waals surface area (Å²) in [5, 5.41) is 1.16. The van der Waals surface area contributed by atoms with Crippen LogP contribution in [-0.2, 0) is 13.2 Å². The predicted octanol–water partition coefficient (Wildman–Crippen LogP) is 6.29. The van der Waals surface area contributed by atoms with Gasteiger partial charge in [0.2, 0.25) is 0 Å². The van der Waals surface area contributed by atoms with Crippen molar-refractivity contribution >= 4 is 44.2 Å². The van der Waals surface area contributed by atoms with Gasteiger partial charge in [0.05, 0.1) is 22.1 Å². The molecule has 27 heavy (non-hydrogen) atoms. The van der Waals surface area contributed by atoms with Gasteiger partial charge in [-0.15, -0.1) is 23.1 Å². The second-order valence-electron chi connectivity index (χ2n) is 6.24. The summed E-state index contributed by atoms with van der Waals surface area (Å²) in [4.78, 5) is 10.2. The zero-order valence-electron chi connectivity index (χ0n) is 14.9. The zero-order chi connectivity index (χ0) is 19.3. The van der Waals surface area contributed by atoms with Gasteiger partial charge in [-0.1, -0.05) is 19.1 Å². The number of alkyl halides is 3. The Bertz CT molecular complexity index is 1160. The average molecular weight is 407 g/mol. The molecular weight excluding hydrogens is 391 g/mol. The van der Waals surface area contributed by atoms with Gasteiger partial charge in [0, 0.05) is 22.0 Å². The van der Waals surface area contributed by atoms with Crippen LogP contribution in [0.1, 0.15) is 18.2 Å². The summed E-state index contributed by atoms with van der Waals surface area (Å²) in [7, 11) is 1.82. The van der Waals surface area contributed by atoms with E-state index in [1.165, 1.54) is 11.8 Å². The lowest BCUT2D eigenvalue weighted by molar-refractivity contribution is -0.141. The minimum Gasteiger partial charge on any atom is -0.325 e. The molecule has 0 radical (unpaired) electrons. The van der Waals surface area contributed by atoms with Crippen LogP contribution in [0.3, 0.4) is 0 Å². The number of fused-ring (bicyclic) bond motifs is 2. The molecule has 140 valence electrons. The Morgan fingerprint density at radius 3 is 2.70 bits per heavy atom. The van der Waals surface area contributed by atoms with Gasteiger partial charge in [0.25, 0.3) is 0 Å². The van der Waals surface area contributed by atoms with Gasteiger partial charge in [0.1, 0.15) is 5.69 Å². The quantitative estimate of drug-likeness (QED) is 0.374. The number of halogens is 3. The van der Waals surface area contributed by atoms with Gasteiger partial charge in [-0.2, -0.15) is 13.2 Å². The van der Waals surface area contributed by atoms with Crippen LogP contribution in [0.4, 0.5) is 13.2 Å². The molecule has 0 atom stereocenters. The fraction of sp³-hybridized carbons (Fsp3) is 0.263. The minimum atomic E-state index is -4.48. The topological polar surface area (TPSA) is 30.7 Å². The standard InChI is InChI=1S/C19H16F3N3S2/c1-4-26-16-11-6-5-10(2)7-14(11)27-17(16)18-24-12-8-15(19(20,21)22)23-9-13(12)25(18)3/h5-9H,4H2,1-3H3. The normalized spacial score (nSPS) is 12.4. The number of aryl methyl sites for hydroxylation is 2. The summed E-state index contributed by atoms with van der Waals surface area (Å²) >= 11 is 3.35. The van der Waals surface area contributed by atoms with E-state index >= 15 is 0 Å². The van der Waals surface area contributed by atoms with E-state index in [-0.39, 0.29) is 0 Å². The van der Waals surface area contributed by atoms with Crippen molar-refractivity contribution in [2.45, 2.75) is 24.9 Å². The van der Waals surface area contributed by atoms with Crippen molar-refractivity contribution in [1.29, 1.82) is 0 Å². The number of thioether (sulfide) groups is 1. The van der Waals surface area contributed by atoms with Crippen molar-refractivity contribution in [3.05, 3.63) is 41.7 Å². The second kappa shape index (κ2) is 6.53. The van der Waals surface area contributed by atoms with Gasteiger partial charge in [0.15, 0.2) is 5.82 Å². The first-order chi connectivity index (χ1) is 12.8. The first-order valence-corrected chi connectivity index (χ1v) is 10.2. The highest BCUT2D eigenvalue weighted by Crippen LogP contribution is 2.44. The molecule has 3 nitrogen and oxygen atoms in total. The lowest BCUT2D eigenvalue weighted by atomic mass is 10.2. The van der Waals surface area contributed by atoms with Crippen molar-refractivity contribution in [1.82, 2.24) is 14.5 Å². The van der Waals surface area contributed by atoms with E-state index in [0.29, 0.717) is 16.9 Å². The summed E-state index contributed by atoms with van der Waals surface area (Å²) in [5.41, 5.74) is 1.14. The van der Waals surface area contributed by atoms with Crippen LogP contribution >= 0.6 is 23.1 Å². The summed E-state index contributed by atoms with van der Waals surface area (Å²) in [5.74, 6) is 1.57. The Hall–Kier alpha value is -2.06. The maximum atomic E-state index is 13.0. The molecule has 8 heteroatoms. The van der Waals surface area contributed by atoms with Gasteiger partial charge in [-0.3, -0.25) is 0 Å². The maximum Gasteiger partial charge on any atom is 0.433 e. The summed E-state index contributed by atoms with van der Waals surface area (Å²) in [6, 6.07) is 7.33. The highest BCUT2D eigenvalue weighted by molar-refractivity contribution is 7.99. The van der Waals surface area contributed by atoms with E-state index in [0.717, 1.165) is 31.7 Å². The van der Waals surface area contributed by atoms with E-state index in [1.807, 2.05) is 18.5 Å². The van der Waals surface area contributed by atoms with Crippen molar-refractivity contribution in [3.63, 3.8) is 0 Å². The molecule has 0 aliphatic rings. The second-order valence-corrected chi connectivity index (χ2v) is 8.57. The minimum absolute atomic E-state index is 0.302. The molecule has 0 saturated carbocycles. The Kier molecular flexibility index (Phi) is 4.43. The van der Waals surface area contributed by atoms with Crippen LogP contribution in [0.15, 0.2) is 35.4 Å². The lowest BCUT2D eigenvalue weighted by Crippen LogP contribution is -2.07. The molecule has 0 unspecified atom stereocenters. The fourth-order valence-electron chi connectivity index (χ4n) is 3.06. The van der Waals surface area contributed by atoms with Gasteiger partial charge >= 0.3 is 6.18 Å². The molecule has 0 fully saturated rings. The number of pyridine rings is 1. The predicted molar refractivity (Wildman–Crippen MR) is 105 cm³/mol. The Balaban J connectivity index is 1.96. The van der Waals surface area contributed by atoms with E-state index in [1.54, 1.807) is 23.1 Å². The Labute approximate surface area is 162 Å². The smallest absolute Gasteiger partial charge is 0.325 e. The van der Waals surface area contributed by atoms with Crippen molar-refractivity contribution in [3.8, 4) is 10.7 Å². The number of benzene rings is 1.